The molecule has 4 rings (SSSR count). The topological polar surface area (TPSA) is 51.7 Å². The number of ether oxygens (including phenoxy) is 2. The summed E-state index contributed by atoms with van der Waals surface area (Å²) >= 11 is 0. The Morgan fingerprint density at radius 1 is 0.947 bits per heavy atom. The largest absolute Gasteiger partial charge is 0.493 e. The number of likely N-dealkylation sites (tertiary alicyclic amines) is 1. The number of nitrogens with zero attached hydrogens (tertiary/aromatic N) is 2. The van der Waals surface area contributed by atoms with E-state index < -0.39 is 0 Å². The summed E-state index contributed by atoms with van der Waals surface area (Å²) in [6.45, 7) is 8.65. The molecule has 1 fully saturated rings. The van der Waals surface area contributed by atoms with E-state index in [0.717, 1.165) is 34.7 Å². The molecule has 0 atom stereocenters. The van der Waals surface area contributed by atoms with Crippen molar-refractivity contribution in [3.63, 3.8) is 0 Å². The molecule has 0 amide bonds. The van der Waals surface area contributed by atoms with Gasteiger partial charge in [-0.25, -0.2) is 4.39 Å². The van der Waals surface area contributed by atoms with Crippen LogP contribution in [-0.2, 0) is 17.6 Å². The monoisotopic (exact) mass is 518 g/mol. The summed E-state index contributed by atoms with van der Waals surface area (Å²) in [5.41, 5.74) is 3.55. The van der Waals surface area contributed by atoms with Crippen molar-refractivity contribution in [3.05, 3.63) is 77.9 Å². The van der Waals surface area contributed by atoms with Gasteiger partial charge in [-0.3, -0.25) is 14.7 Å². The smallest absolute Gasteiger partial charge is 0.139 e. The van der Waals surface area contributed by atoms with Gasteiger partial charge in [0.15, 0.2) is 0 Å². The van der Waals surface area contributed by atoms with Crippen molar-refractivity contribution in [2.75, 3.05) is 32.8 Å². The molecule has 5 nitrogen and oxygen atoms in total. The fourth-order valence-corrected chi connectivity index (χ4v) is 4.60. The Kier molecular flexibility index (Phi) is 10.3. The predicted molar refractivity (Wildman–Crippen MR) is 149 cm³/mol. The highest BCUT2D eigenvalue weighted by Crippen LogP contribution is 2.23. The fraction of sp³-hybridized carbons (Fsp3) is 0.438. The lowest BCUT2D eigenvalue weighted by atomic mass is 10.0. The Labute approximate surface area is 226 Å². The number of aromatic nitrogens is 1. The molecule has 202 valence electrons. The second kappa shape index (κ2) is 14.1. The van der Waals surface area contributed by atoms with Crippen LogP contribution in [0, 0.1) is 11.7 Å². The summed E-state index contributed by atoms with van der Waals surface area (Å²) in [5, 5.41) is 0. The minimum Gasteiger partial charge on any atom is -0.493 e. The maximum Gasteiger partial charge on any atom is 0.139 e. The first kappa shape index (κ1) is 27.8. The Morgan fingerprint density at radius 3 is 2.42 bits per heavy atom. The molecule has 0 saturated carbocycles. The molecule has 2 heterocycles. The Hall–Kier alpha value is -3.25. The van der Waals surface area contributed by atoms with Crippen LogP contribution in [0.15, 0.2) is 60.8 Å². The van der Waals surface area contributed by atoms with E-state index >= 15 is 0 Å². The summed E-state index contributed by atoms with van der Waals surface area (Å²) in [7, 11) is 0. The summed E-state index contributed by atoms with van der Waals surface area (Å²) in [6.07, 6.45) is 6.79. The van der Waals surface area contributed by atoms with Crippen molar-refractivity contribution >= 4 is 5.78 Å². The van der Waals surface area contributed by atoms with E-state index in [1.54, 1.807) is 6.20 Å². The third kappa shape index (κ3) is 8.95. The molecule has 0 aliphatic carbocycles. The molecule has 0 spiro atoms. The minimum atomic E-state index is -0.344. The lowest BCUT2D eigenvalue weighted by Gasteiger charge is -2.26. The summed E-state index contributed by atoms with van der Waals surface area (Å²) in [4.78, 5) is 19.5. The number of aryl methyl sites for hydroxylation is 1. The van der Waals surface area contributed by atoms with E-state index in [4.69, 9.17) is 9.47 Å². The van der Waals surface area contributed by atoms with Crippen LogP contribution in [0.25, 0.3) is 11.1 Å². The highest BCUT2D eigenvalue weighted by atomic mass is 19.1. The summed E-state index contributed by atoms with van der Waals surface area (Å²) in [6, 6.07) is 16.6. The van der Waals surface area contributed by atoms with Gasteiger partial charge in [0.2, 0.25) is 0 Å². The van der Waals surface area contributed by atoms with Crippen LogP contribution in [0.2, 0.25) is 0 Å². The minimum absolute atomic E-state index is 0.0743. The summed E-state index contributed by atoms with van der Waals surface area (Å²) < 4.78 is 25.5. The number of pyridine rings is 1. The number of hydrogen-bond donors (Lipinski definition) is 0. The molecule has 1 aliphatic rings. The van der Waals surface area contributed by atoms with Crippen molar-refractivity contribution in [2.45, 2.75) is 52.4 Å². The Balaban J connectivity index is 1.23. The highest BCUT2D eigenvalue weighted by molar-refractivity contribution is 5.80. The molecule has 1 aliphatic heterocycles. The zero-order chi connectivity index (χ0) is 26.7. The molecule has 3 aromatic rings. The van der Waals surface area contributed by atoms with Gasteiger partial charge in [0.25, 0.3) is 0 Å². The lowest BCUT2D eigenvalue weighted by Crippen LogP contribution is -2.33. The number of ketones is 1. The van der Waals surface area contributed by atoms with Gasteiger partial charge in [-0.2, -0.15) is 0 Å². The van der Waals surface area contributed by atoms with Crippen molar-refractivity contribution < 1.29 is 18.7 Å². The van der Waals surface area contributed by atoms with Crippen molar-refractivity contribution in [3.8, 4) is 22.6 Å². The Morgan fingerprint density at radius 2 is 1.71 bits per heavy atom. The first-order valence-corrected chi connectivity index (χ1v) is 13.8. The number of hydrogen-bond acceptors (Lipinski definition) is 5. The molecule has 2 aromatic carbocycles. The molecular formula is C32H39FN2O3. The number of halogens is 1. The normalized spacial score (nSPS) is 14.0. The molecule has 0 unspecified atom stereocenters. The number of carbonyl (C=O) groups excluding carboxylic acids is 1. The van der Waals surface area contributed by atoms with Crippen molar-refractivity contribution in [1.82, 2.24) is 9.88 Å². The molecule has 6 heteroatoms. The van der Waals surface area contributed by atoms with Crippen LogP contribution in [-0.4, -0.2) is 48.5 Å². The molecule has 1 aromatic heterocycles. The first-order valence-electron chi connectivity index (χ1n) is 13.8. The SMILES string of the molecule is CC(C)COc1cc(F)cc(CCC(=O)Cc2ccc(-c3ccc(OCCN4CCCCC4)cc3)cn2)c1. The average Bonchev–Trinajstić information content (AvgIpc) is 2.92. The van der Waals surface area contributed by atoms with Gasteiger partial charge in [-0.05, 0) is 79.7 Å². The summed E-state index contributed by atoms with van der Waals surface area (Å²) in [5.74, 6) is 1.47. The maximum atomic E-state index is 14.0. The number of rotatable bonds is 13. The number of Topliss-reactive ketones (excluding diaryl/α,β-unsaturated/α-hetero) is 1. The average molecular weight is 519 g/mol. The van der Waals surface area contributed by atoms with Gasteiger partial charge in [-0.1, -0.05) is 38.5 Å². The van der Waals surface area contributed by atoms with Gasteiger partial charge in [0, 0.05) is 42.9 Å². The number of benzene rings is 2. The third-order valence-electron chi connectivity index (χ3n) is 6.72. The van der Waals surface area contributed by atoms with Gasteiger partial charge >= 0.3 is 0 Å². The van der Waals surface area contributed by atoms with Crippen LogP contribution >= 0.6 is 0 Å². The Bertz CT molecular complexity index is 1160. The lowest BCUT2D eigenvalue weighted by molar-refractivity contribution is -0.118. The number of piperidine rings is 1. The van der Waals surface area contributed by atoms with Crippen LogP contribution < -0.4 is 9.47 Å². The maximum absolute atomic E-state index is 14.0. The van der Waals surface area contributed by atoms with Gasteiger partial charge in [0.1, 0.15) is 29.7 Å². The van der Waals surface area contributed by atoms with E-state index in [-0.39, 0.29) is 18.0 Å². The first-order chi connectivity index (χ1) is 18.4. The second-order valence-corrected chi connectivity index (χ2v) is 10.5. The van der Waals surface area contributed by atoms with Gasteiger partial charge < -0.3 is 9.47 Å². The fourth-order valence-electron chi connectivity index (χ4n) is 4.60. The van der Waals surface area contributed by atoms with Gasteiger partial charge in [0.05, 0.1) is 6.61 Å². The zero-order valence-corrected chi connectivity index (χ0v) is 22.6. The van der Waals surface area contributed by atoms with E-state index in [1.165, 1.54) is 44.5 Å². The van der Waals surface area contributed by atoms with E-state index in [1.807, 2.05) is 56.3 Å². The second-order valence-electron chi connectivity index (χ2n) is 10.5. The zero-order valence-electron chi connectivity index (χ0n) is 22.6. The van der Waals surface area contributed by atoms with Crippen LogP contribution in [0.5, 0.6) is 11.5 Å². The van der Waals surface area contributed by atoms with Crippen LogP contribution in [0.3, 0.4) is 0 Å². The van der Waals surface area contributed by atoms with Crippen molar-refractivity contribution in [1.29, 1.82) is 0 Å². The van der Waals surface area contributed by atoms with E-state index in [0.29, 0.717) is 37.7 Å². The highest BCUT2D eigenvalue weighted by Gasteiger charge is 2.11. The molecule has 38 heavy (non-hydrogen) atoms. The van der Waals surface area contributed by atoms with Gasteiger partial charge in [-0.15, -0.1) is 0 Å². The standard InChI is InChI=1S/C32H39FN2O3/c1-24(2)23-38-32-19-25(18-28(33)20-32)6-11-30(36)21-29-10-7-27(22-34-29)26-8-12-31(13-9-26)37-17-16-35-14-4-3-5-15-35/h7-10,12-13,18-20,22,24H,3-6,11,14-17,21,23H2,1-2H3. The molecule has 0 bridgehead atoms. The molecule has 1 saturated heterocycles. The van der Waals surface area contributed by atoms with E-state index in [9.17, 15) is 9.18 Å². The predicted octanol–water partition coefficient (Wildman–Crippen LogP) is 6.53. The molecule has 0 radical (unpaired) electrons. The van der Waals surface area contributed by atoms with Crippen molar-refractivity contribution in [2.24, 2.45) is 5.92 Å². The molecule has 0 N–H and O–H groups in total. The van der Waals surface area contributed by atoms with E-state index in [2.05, 4.69) is 9.88 Å². The van der Waals surface area contributed by atoms with Crippen LogP contribution in [0.4, 0.5) is 4.39 Å². The quantitative estimate of drug-likeness (QED) is 0.257. The third-order valence-corrected chi connectivity index (χ3v) is 6.72. The number of carbonyl (C=O) groups is 1. The molecular weight excluding hydrogens is 479 g/mol. The van der Waals surface area contributed by atoms with Crippen LogP contribution in [0.1, 0.15) is 50.8 Å².